The van der Waals surface area contributed by atoms with E-state index in [1.165, 1.54) is 0 Å². The average molecular weight is 424 g/mol. The Bertz CT molecular complexity index is 1010. The van der Waals surface area contributed by atoms with Crippen LogP contribution in [0.3, 0.4) is 0 Å². The first-order valence-corrected chi connectivity index (χ1v) is 10.7. The highest BCUT2D eigenvalue weighted by Gasteiger charge is 2.46. The quantitative estimate of drug-likeness (QED) is 0.381. The first-order chi connectivity index (χ1) is 14.9. The molecular weight excluding hydrogens is 394 g/mol. The van der Waals surface area contributed by atoms with Crippen molar-refractivity contribution in [1.82, 2.24) is 4.90 Å². The second-order valence-electron chi connectivity index (χ2n) is 7.37. The summed E-state index contributed by atoms with van der Waals surface area (Å²) in [6, 6.07) is 12.0. The van der Waals surface area contributed by atoms with E-state index in [4.69, 9.17) is 9.47 Å². The molecule has 0 bridgehead atoms. The van der Waals surface area contributed by atoms with Crippen LogP contribution in [0.2, 0.25) is 0 Å². The number of hydrogen-bond acceptors (Lipinski definition) is 5. The van der Waals surface area contributed by atoms with Gasteiger partial charge in [0.1, 0.15) is 17.3 Å². The number of amides is 1. The molecule has 1 amide bonds. The lowest BCUT2D eigenvalue weighted by molar-refractivity contribution is -0.139. The molecule has 3 rings (SSSR count). The molecule has 0 aliphatic carbocycles. The third kappa shape index (κ3) is 4.29. The minimum absolute atomic E-state index is 0.0814. The van der Waals surface area contributed by atoms with E-state index in [9.17, 15) is 14.7 Å². The molecule has 0 spiro atoms. The molecule has 2 aromatic rings. The average Bonchev–Trinajstić information content (AvgIpc) is 2.99. The zero-order valence-corrected chi connectivity index (χ0v) is 18.5. The fourth-order valence-electron chi connectivity index (χ4n) is 3.94. The van der Waals surface area contributed by atoms with Gasteiger partial charge in [0.25, 0.3) is 11.7 Å². The number of aliphatic hydroxyl groups excluding tert-OH is 1. The molecule has 1 heterocycles. The zero-order chi connectivity index (χ0) is 22.5. The van der Waals surface area contributed by atoms with Crippen LogP contribution in [0.4, 0.5) is 0 Å². The van der Waals surface area contributed by atoms with Crippen molar-refractivity contribution < 1.29 is 24.2 Å². The number of nitrogens with zero attached hydrogens (tertiary/aromatic N) is 1. The van der Waals surface area contributed by atoms with E-state index in [-0.39, 0.29) is 11.3 Å². The van der Waals surface area contributed by atoms with Gasteiger partial charge in [-0.25, -0.2) is 0 Å². The smallest absolute Gasteiger partial charge is 0.295 e. The van der Waals surface area contributed by atoms with Gasteiger partial charge in [-0.15, -0.1) is 0 Å². The van der Waals surface area contributed by atoms with Crippen molar-refractivity contribution >= 4 is 17.4 Å². The van der Waals surface area contributed by atoms with Gasteiger partial charge in [-0.2, -0.15) is 0 Å². The summed E-state index contributed by atoms with van der Waals surface area (Å²) in [5.74, 6) is -0.520. The number of Topliss-reactive ketones (excluding diaryl/α,β-unsaturated/α-hetero) is 1. The molecule has 0 radical (unpaired) electrons. The third-order valence-corrected chi connectivity index (χ3v) is 5.31. The maximum atomic E-state index is 13.1. The normalized spacial score (nSPS) is 17.8. The summed E-state index contributed by atoms with van der Waals surface area (Å²) in [5.41, 5.74) is 2.20. The van der Waals surface area contributed by atoms with Gasteiger partial charge < -0.3 is 19.5 Å². The summed E-state index contributed by atoms with van der Waals surface area (Å²) < 4.78 is 11.3. The van der Waals surface area contributed by atoms with Crippen LogP contribution in [0, 0.1) is 6.92 Å². The Kier molecular flexibility index (Phi) is 7.00. The number of aryl methyl sites for hydroxylation is 1. The van der Waals surface area contributed by atoms with Crippen molar-refractivity contribution in [1.29, 1.82) is 0 Å². The fourth-order valence-corrected chi connectivity index (χ4v) is 3.94. The van der Waals surface area contributed by atoms with Crippen molar-refractivity contribution in [2.45, 2.75) is 40.2 Å². The van der Waals surface area contributed by atoms with E-state index in [2.05, 4.69) is 0 Å². The Labute approximate surface area is 183 Å². The molecule has 1 saturated heterocycles. The first-order valence-electron chi connectivity index (χ1n) is 10.7. The van der Waals surface area contributed by atoms with Gasteiger partial charge in [-0.3, -0.25) is 9.59 Å². The van der Waals surface area contributed by atoms with Crippen LogP contribution in [0.15, 0.2) is 48.0 Å². The molecule has 0 aromatic heterocycles. The Morgan fingerprint density at radius 2 is 1.74 bits per heavy atom. The molecule has 2 aromatic carbocycles. The van der Waals surface area contributed by atoms with Gasteiger partial charge in [0.05, 0.1) is 30.4 Å². The van der Waals surface area contributed by atoms with Crippen LogP contribution < -0.4 is 9.47 Å². The van der Waals surface area contributed by atoms with Crippen LogP contribution in [0.5, 0.6) is 11.5 Å². The van der Waals surface area contributed by atoms with E-state index in [0.717, 1.165) is 11.1 Å². The first kappa shape index (κ1) is 22.4. The van der Waals surface area contributed by atoms with Gasteiger partial charge in [-0.05, 0) is 50.5 Å². The second kappa shape index (κ2) is 9.69. The third-order valence-electron chi connectivity index (χ3n) is 5.31. The number of carbonyl (C=O) groups excluding carboxylic acids is 2. The fraction of sp³-hybridized carbons (Fsp3) is 0.360. The Morgan fingerprint density at radius 3 is 2.39 bits per heavy atom. The number of hydrogen-bond donors (Lipinski definition) is 1. The van der Waals surface area contributed by atoms with Crippen molar-refractivity contribution in [2.75, 3.05) is 19.8 Å². The van der Waals surface area contributed by atoms with Crippen LogP contribution in [0.25, 0.3) is 5.76 Å². The number of ketones is 1. The van der Waals surface area contributed by atoms with Crippen molar-refractivity contribution in [3.63, 3.8) is 0 Å². The highest BCUT2D eigenvalue weighted by atomic mass is 16.5. The van der Waals surface area contributed by atoms with Gasteiger partial charge in [-0.1, -0.05) is 31.2 Å². The molecule has 164 valence electrons. The molecule has 6 nitrogen and oxygen atoms in total. The van der Waals surface area contributed by atoms with Gasteiger partial charge >= 0.3 is 0 Å². The van der Waals surface area contributed by atoms with Crippen LogP contribution in [-0.4, -0.2) is 41.5 Å². The number of aliphatic hydroxyl groups is 1. The summed E-state index contributed by atoms with van der Waals surface area (Å²) in [4.78, 5) is 27.5. The summed E-state index contributed by atoms with van der Waals surface area (Å²) in [6.45, 7) is 8.89. The molecule has 6 heteroatoms. The minimum Gasteiger partial charge on any atom is -0.507 e. The highest BCUT2D eigenvalue weighted by molar-refractivity contribution is 6.46. The van der Waals surface area contributed by atoms with Crippen LogP contribution >= 0.6 is 0 Å². The summed E-state index contributed by atoms with van der Waals surface area (Å²) in [6.07, 6.45) is 0.697. The SMILES string of the molecule is CCCN1C(=O)C(=O)/C(=C(/O)c2ccc(OCC)cc2OCC)C1c1ccccc1C. The van der Waals surface area contributed by atoms with Gasteiger partial charge in [0.2, 0.25) is 0 Å². The highest BCUT2D eigenvalue weighted by Crippen LogP contribution is 2.42. The topological polar surface area (TPSA) is 76.1 Å². The molecule has 1 atom stereocenters. The predicted octanol–water partition coefficient (Wildman–Crippen LogP) is 4.62. The van der Waals surface area contributed by atoms with Gasteiger partial charge in [0, 0.05) is 12.6 Å². The Balaban J connectivity index is 2.22. The van der Waals surface area contributed by atoms with Crippen LogP contribution in [0.1, 0.15) is 49.9 Å². The number of ether oxygens (including phenoxy) is 2. The molecule has 1 N–H and O–H groups in total. The van der Waals surface area contributed by atoms with E-state index in [1.54, 1.807) is 23.1 Å². The summed E-state index contributed by atoms with van der Waals surface area (Å²) in [7, 11) is 0. The lowest BCUT2D eigenvalue weighted by Crippen LogP contribution is -2.30. The summed E-state index contributed by atoms with van der Waals surface area (Å²) in [5, 5.41) is 11.3. The van der Waals surface area contributed by atoms with Crippen molar-refractivity contribution in [2.24, 2.45) is 0 Å². The molecule has 1 fully saturated rings. The lowest BCUT2D eigenvalue weighted by atomic mass is 9.92. The number of benzene rings is 2. The number of rotatable bonds is 8. The second-order valence-corrected chi connectivity index (χ2v) is 7.37. The number of carbonyl (C=O) groups is 2. The maximum Gasteiger partial charge on any atom is 0.295 e. The van der Waals surface area contributed by atoms with E-state index in [1.807, 2.05) is 52.0 Å². The predicted molar refractivity (Wildman–Crippen MR) is 119 cm³/mol. The lowest BCUT2D eigenvalue weighted by Gasteiger charge is -2.26. The maximum absolute atomic E-state index is 13.1. The van der Waals surface area contributed by atoms with Gasteiger partial charge in [0.15, 0.2) is 0 Å². The number of likely N-dealkylation sites (tertiary alicyclic amines) is 1. The van der Waals surface area contributed by atoms with E-state index in [0.29, 0.717) is 43.2 Å². The van der Waals surface area contributed by atoms with Crippen molar-refractivity contribution in [3.8, 4) is 11.5 Å². The largest absolute Gasteiger partial charge is 0.507 e. The van der Waals surface area contributed by atoms with E-state index < -0.39 is 17.7 Å². The van der Waals surface area contributed by atoms with Crippen LogP contribution in [-0.2, 0) is 9.59 Å². The van der Waals surface area contributed by atoms with E-state index >= 15 is 0 Å². The molecular formula is C25H29NO5. The standard InChI is InChI=1S/C25H29NO5/c1-5-14-26-22(18-11-9-8-10-16(18)4)21(24(28)25(26)29)23(27)19-13-12-17(30-6-2)15-20(19)31-7-3/h8-13,15,22,27H,5-7,14H2,1-4H3/b23-21+. The molecule has 1 unspecified atom stereocenters. The monoisotopic (exact) mass is 423 g/mol. The summed E-state index contributed by atoms with van der Waals surface area (Å²) >= 11 is 0. The molecule has 1 aliphatic heterocycles. The molecule has 0 saturated carbocycles. The van der Waals surface area contributed by atoms with Crippen molar-refractivity contribution in [3.05, 3.63) is 64.7 Å². The minimum atomic E-state index is -0.685. The zero-order valence-electron chi connectivity index (χ0n) is 18.5. The molecule has 1 aliphatic rings. The molecule has 31 heavy (non-hydrogen) atoms. The Morgan fingerprint density at radius 1 is 1.03 bits per heavy atom. The Hall–Kier alpha value is -3.28.